The van der Waals surface area contributed by atoms with E-state index in [-0.39, 0.29) is 5.69 Å². The van der Waals surface area contributed by atoms with Crippen LogP contribution in [0.25, 0.3) is 0 Å². The van der Waals surface area contributed by atoms with Gasteiger partial charge in [-0.25, -0.2) is 4.79 Å². The maximum atomic E-state index is 11.5. The maximum absolute atomic E-state index is 11.5. The molecule has 0 radical (unpaired) electrons. The molecular formula is C13H16N2O4. The first-order valence-corrected chi connectivity index (χ1v) is 6.20. The Hall–Kier alpha value is -2.11. The molecule has 2 rings (SSSR count). The Balaban J connectivity index is 2.40. The van der Waals surface area contributed by atoms with Gasteiger partial charge in [-0.2, -0.15) is 0 Å². The largest absolute Gasteiger partial charge is 0.480 e. The summed E-state index contributed by atoms with van der Waals surface area (Å²) in [5, 5.41) is 20.2. The highest BCUT2D eigenvalue weighted by Crippen LogP contribution is 2.34. The number of piperidine rings is 1. The van der Waals surface area contributed by atoms with Crippen molar-refractivity contribution in [3.05, 3.63) is 34.4 Å². The van der Waals surface area contributed by atoms with Gasteiger partial charge < -0.3 is 10.0 Å². The van der Waals surface area contributed by atoms with E-state index in [2.05, 4.69) is 0 Å². The van der Waals surface area contributed by atoms with Gasteiger partial charge in [0.15, 0.2) is 0 Å². The lowest BCUT2D eigenvalue weighted by Crippen LogP contribution is -2.55. The normalized spacial score (nSPS) is 23.1. The van der Waals surface area contributed by atoms with Crippen LogP contribution in [0.5, 0.6) is 0 Å². The molecule has 1 unspecified atom stereocenters. The van der Waals surface area contributed by atoms with Crippen molar-refractivity contribution in [1.29, 1.82) is 0 Å². The zero-order valence-electron chi connectivity index (χ0n) is 10.7. The quantitative estimate of drug-likeness (QED) is 0.669. The summed E-state index contributed by atoms with van der Waals surface area (Å²) < 4.78 is 0. The van der Waals surface area contributed by atoms with Gasteiger partial charge in [0, 0.05) is 24.4 Å². The SMILES string of the molecule is CC1(C(=O)O)CCCCN1c1cccc([N+](=O)[O-])c1. The van der Waals surface area contributed by atoms with Gasteiger partial charge in [0.2, 0.25) is 0 Å². The summed E-state index contributed by atoms with van der Waals surface area (Å²) in [6.07, 6.45) is 2.30. The predicted molar refractivity (Wildman–Crippen MR) is 70.3 cm³/mol. The summed E-state index contributed by atoms with van der Waals surface area (Å²) in [6.45, 7) is 2.28. The Morgan fingerprint density at radius 3 is 2.84 bits per heavy atom. The second kappa shape index (κ2) is 4.87. The Bertz CT molecular complexity index is 517. The molecule has 102 valence electrons. The monoisotopic (exact) mass is 264 g/mol. The van der Waals surface area contributed by atoms with Crippen LogP contribution in [0.4, 0.5) is 11.4 Å². The van der Waals surface area contributed by atoms with Crippen molar-refractivity contribution in [3.8, 4) is 0 Å². The van der Waals surface area contributed by atoms with Crippen LogP contribution in [0.2, 0.25) is 0 Å². The van der Waals surface area contributed by atoms with Crippen molar-refractivity contribution < 1.29 is 14.8 Å². The highest BCUT2D eigenvalue weighted by Gasteiger charge is 2.41. The van der Waals surface area contributed by atoms with E-state index in [1.165, 1.54) is 12.1 Å². The van der Waals surface area contributed by atoms with Gasteiger partial charge >= 0.3 is 5.97 Å². The molecule has 1 fully saturated rings. The fraction of sp³-hybridized carbons (Fsp3) is 0.462. The number of nitro benzene ring substituents is 1. The summed E-state index contributed by atoms with van der Waals surface area (Å²) in [4.78, 5) is 23.6. The third-order valence-electron chi connectivity index (χ3n) is 3.70. The number of carboxylic acids is 1. The zero-order chi connectivity index (χ0) is 14.0. The molecule has 1 aliphatic heterocycles. The lowest BCUT2D eigenvalue weighted by Gasteiger charge is -2.43. The van der Waals surface area contributed by atoms with Crippen molar-refractivity contribution in [3.63, 3.8) is 0 Å². The summed E-state index contributed by atoms with van der Waals surface area (Å²) in [6, 6.07) is 6.15. The average Bonchev–Trinajstić information content (AvgIpc) is 2.39. The number of non-ortho nitro benzene ring substituents is 1. The number of hydrogen-bond acceptors (Lipinski definition) is 4. The summed E-state index contributed by atoms with van der Waals surface area (Å²) >= 11 is 0. The van der Waals surface area contributed by atoms with Gasteiger partial charge in [0.05, 0.1) is 4.92 Å². The van der Waals surface area contributed by atoms with Crippen LogP contribution < -0.4 is 4.90 Å². The number of nitrogens with zero attached hydrogens (tertiary/aromatic N) is 2. The highest BCUT2D eigenvalue weighted by molar-refractivity contribution is 5.83. The first kappa shape index (κ1) is 13.3. The molecule has 1 aromatic rings. The number of aliphatic carboxylic acids is 1. The van der Waals surface area contributed by atoms with E-state index >= 15 is 0 Å². The molecule has 0 amide bonds. The number of hydrogen-bond donors (Lipinski definition) is 1. The molecule has 0 bridgehead atoms. The molecule has 0 spiro atoms. The first-order valence-electron chi connectivity index (χ1n) is 6.20. The van der Waals surface area contributed by atoms with Gasteiger partial charge in [-0.1, -0.05) is 6.07 Å². The molecule has 6 heteroatoms. The topological polar surface area (TPSA) is 83.7 Å². The predicted octanol–water partition coefficient (Wildman–Crippen LogP) is 2.43. The highest BCUT2D eigenvalue weighted by atomic mass is 16.6. The minimum atomic E-state index is -0.993. The smallest absolute Gasteiger partial charge is 0.329 e. The third kappa shape index (κ3) is 2.38. The third-order valence-corrected chi connectivity index (χ3v) is 3.70. The first-order chi connectivity index (χ1) is 8.95. The minimum absolute atomic E-state index is 0.0178. The lowest BCUT2D eigenvalue weighted by molar-refractivity contribution is -0.384. The molecular weight excluding hydrogens is 248 g/mol. The second-order valence-corrected chi connectivity index (χ2v) is 4.96. The Kier molecular flexibility index (Phi) is 3.42. The van der Waals surface area contributed by atoms with E-state index < -0.39 is 16.4 Å². The van der Waals surface area contributed by atoms with Gasteiger partial charge in [-0.05, 0) is 32.3 Å². The molecule has 6 nitrogen and oxygen atoms in total. The number of benzene rings is 1. The Morgan fingerprint density at radius 1 is 1.47 bits per heavy atom. The Labute approximate surface area is 110 Å². The molecule has 1 atom stereocenters. The van der Waals surface area contributed by atoms with Crippen LogP contribution in [0.15, 0.2) is 24.3 Å². The molecule has 1 aliphatic rings. The summed E-state index contributed by atoms with van der Waals surface area (Å²) in [5.41, 5.74) is -0.414. The van der Waals surface area contributed by atoms with Crippen LogP contribution in [0.3, 0.4) is 0 Å². The molecule has 0 aliphatic carbocycles. The van der Waals surface area contributed by atoms with E-state index in [0.29, 0.717) is 18.7 Å². The molecule has 0 aromatic heterocycles. The molecule has 0 saturated carbocycles. The van der Waals surface area contributed by atoms with Crippen LogP contribution in [-0.2, 0) is 4.79 Å². The number of carbonyl (C=O) groups is 1. The summed E-state index contributed by atoms with van der Waals surface area (Å²) in [5.74, 6) is -0.890. The molecule has 1 N–H and O–H groups in total. The van der Waals surface area contributed by atoms with Crippen molar-refractivity contribution in [2.75, 3.05) is 11.4 Å². The van der Waals surface area contributed by atoms with Gasteiger partial charge in [0.25, 0.3) is 5.69 Å². The summed E-state index contributed by atoms with van der Waals surface area (Å²) in [7, 11) is 0. The number of carboxylic acid groups (broad SMARTS) is 1. The van der Waals surface area contributed by atoms with Gasteiger partial charge in [-0.3, -0.25) is 10.1 Å². The van der Waals surface area contributed by atoms with E-state index in [1.54, 1.807) is 24.0 Å². The molecule has 1 heterocycles. The zero-order valence-corrected chi connectivity index (χ0v) is 10.7. The van der Waals surface area contributed by atoms with Crippen molar-refractivity contribution in [1.82, 2.24) is 0 Å². The van der Waals surface area contributed by atoms with Crippen LogP contribution in [-0.4, -0.2) is 28.1 Å². The minimum Gasteiger partial charge on any atom is -0.480 e. The van der Waals surface area contributed by atoms with Crippen molar-refractivity contribution in [2.24, 2.45) is 0 Å². The van der Waals surface area contributed by atoms with Crippen molar-refractivity contribution in [2.45, 2.75) is 31.7 Å². The number of anilines is 1. The number of rotatable bonds is 3. The number of nitro groups is 1. The molecule has 19 heavy (non-hydrogen) atoms. The molecule has 1 aromatic carbocycles. The van der Waals surface area contributed by atoms with Crippen molar-refractivity contribution >= 4 is 17.3 Å². The van der Waals surface area contributed by atoms with Crippen LogP contribution in [0.1, 0.15) is 26.2 Å². The van der Waals surface area contributed by atoms with E-state index in [1.807, 2.05) is 0 Å². The fourth-order valence-corrected chi connectivity index (χ4v) is 2.53. The molecule has 1 saturated heterocycles. The van der Waals surface area contributed by atoms with Gasteiger partial charge in [-0.15, -0.1) is 0 Å². The van der Waals surface area contributed by atoms with Crippen LogP contribution in [0, 0.1) is 10.1 Å². The van der Waals surface area contributed by atoms with E-state index in [0.717, 1.165) is 12.8 Å². The van der Waals surface area contributed by atoms with Crippen LogP contribution >= 0.6 is 0 Å². The standard InChI is InChI=1S/C13H16N2O4/c1-13(12(16)17)7-2-3-8-14(13)10-5-4-6-11(9-10)15(18)19/h4-6,9H,2-3,7-8H2,1H3,(H,16,17). The average molecular weight is 264 g/mol. The second-order valence-electron chi connectivity index (χ2n) is 4.96. The fourth-order valence-electron chi connectivity index (χ4n) is 2.53. The van der Waals surface area contributed by atoms with Gasteiger partial charge in [0.1, 0.15) is 5.54 Å². The lowest BCUT2D eigenvalue weighted by atomic mass is 9.88. The maximum Gasteiger partial charge on any atom is 0.329 e. The van der Waals surface area contributed by atoms with E-state index in [9.17, 15) is 20.0 Å². The van der Waals surface area contributed by atoms with E-state index in [4.69, 9.17) is 0 Å². The Morgan fingerprint density at radius 2 is 2.21 bits per heavy atom.